The van der Waals surface area contributed by atoms with Gasteiger partial charge in [0.15, 0.2) is 0 Å². The van der Waals surface area contributed by atoms with E-state index in [0.29, 0.717) is 0 Å². The van der Waals surface area contributed by atoms with Gasteiger partial charge in [0.2, 0.25) is 23.6 Å². The highest BCUT2D eigenvalue weighted by molar-refractivity contribution is 6.17. The highest BCUT2D eigenvalue weighted by Crippen LogP contribution is 2.58. The zero-order valence-corrected chi connectivity index (χ0v) is 20.2. The number of likely N-dealkylation sites (tertiary alicyclic amines) is 2. The summed E-state index contributed by atoms with van der Waals surface area (Å²) in [6, 6.07) is 0.0162. The molecular weight excluding hydrogens is 440 g/mol. The molecule has 0 aromatic carbocycles. The zero-order chi connectivity index (χ0) is 23.3. The van der Waals surface area contributed by atoms with E-state index in [4.69, 9.17) is 11.6 Å². The van der Waals surface area contributed by atoms with Crippen LogP contribution in [-0.2, 0) is 19.2 Å². The summed E-state index contributed by atoms with van der Waals surface area (Å²) in [7, 11) is 0. The van der Waals surface area contributed by atoms with Gasteiger partial charge in [-0.2, -0.15) is 0 Å². The summed E-state index contributed by atoms with van der Waals surface area (Å²) >= 11 is 5.00. The molecule has 2 aliphatic heterocycles. The number of allylic oxidation sites excluding steroid dienone is 2. The quantitative estimate of drug-likeness (QED) is 0.345. The van der Waals surface area contributed by atoms with Gasteiger partial charge in [0.1, 0.15) is 0 Å². The average molecular weight is 475 g/mol. The molecule has 0 radical (unpaired) electrons. The Morgan fingerprint density at radius 2 is 0.909 bits per heavy atom. The number of hydrogen-bond acceptors (Lipinski definition) is 4. The molecule has 7 heteroatoms. The molecule has 7 rings (SSSR count). The highest BCUT2D eigenvalue weighted by Gasteiger charge is 2.69. The number of amides is 4. The maximum Gasteiger partial charge on any atom is 0.233 e. The number of halogens is 1. The van der Waals surface area contributed by atoms with Gasteiger partial charge < -0.3 is 0 Å². The maximum atomic E-state index is 13.5. The van der Waals surface area contributed by atoms with Crippen molar-refractivity contribution in [2.75, 3.05) is 5.88 Å². The van der Waals surface area contributed by atoms with Crippen LogP contribution in [0.15, 0.2) is 12.2 Å². The van der Waals surface area contributed by atoms with E-state index in [0.717, 1.165) is 70.1 Å². The predicted octanol–water partition coefficient (Wildman–Crippen LogP) is 3.92. The molecule has 5 fully saturated rings. The van der Waals surface area contributed by atoms with Gasteiger partial charge in [-0.1, -0.05) is 57.6 Å². The number of nitrogens with zero attached hydrogens (tertiary/aromatic N) is 2. The van der Waals surface area contributed by atoms with Crippen LogP contribution in [-0.4, -0.2) is 51.4 Å². The number of imide groups is 2. The molecule has 2 heterocycles. The topological polar surface area (TPSA) is 74.8 Å². The second kappa shape index (κ2) is 9.16. The fourth-order valence-electron chi connectivity index (χ4n) is 7.67. The summed E-state index contributed by atoms with van der Waals surface area (Å²) in [5.41, 5.74) is 0. The first kappa shape index (κ1) is 23.1. The van der Waals surface area contributed by atoms with Crippen LogP contribution < -0.4 is 0 Å². The van der Waals surface area contributed by atoms with E-state index in [9.17, 15) is 19.2 Å². The van der Waals surface area contributed by atoms with Crippen LogP contribution >= 0.6 is 11.6 Å². The third-order valence-electron chi connectivity index (χ3n) is 8.96. The molecule has 180 valence electrons. The van der Waals surface area contributed by atoms with Crippen LogP contribution in [0.4, 0.5) is 0 Å². The van der Waals surface area contributed by atoms with Crippen molar-refractivity contribution in [1.29, 1.82) is 0 Å². The molecule has 6 nitrogen and oxygen atoms in total. The normalized spacial score (nSPS) is 38.5. The number of hydrogen-bond donors (Lipinski definition) is 0. The summed E-state index contributed by atoms with van der Waals surface area (Å²) in [5, 5.41) is 0. The van der Waals surface area contributed by atoms with Gasteiger partial charge in [0, 0.05) is 29.8 Å². The van der Waals surface area contributed by atoms with E-state index in [1.165, 1.54) is 0 Å². The number of carbonyl (C=O) groups excluding carboxylic acids is 4. The van der Waals surface area contributed by atoms with Crippen molar-refractivity contribution in [2.45, 2.75) is 83.2 Å². The van der Waals surface area contributed by atoms with Crippen LogP contribution in [0.3, 0.4) is 0 Å². The molecule has 4 atom stereocenters. The Morgan fingerprint density at radius 3 is 1.18 bits per heavy atom. The van der Waals surface area contributed by atoms with Crippen molar-refractivity contribution in [3.63, 3.8) is 0 Å². The van der Waals surface area contributed by atoms with E-state index in [1.54, 1.807) is 9.80 Å². The van der Waals surface area contributed by atoms with Gasteiger partial charge in [-0.25, -0.2) is 0 Å². The summed E-state index contributed by atoms with van der Waals surface area (Å²) in [5.74, 6) is -1.98. The van der Waals surface area contributed by atoms with Gasteiger partial charge in [0.05, 0.1) is 23.7 Å². The first-order valence-corrected chi connectivity index (χ1v) is 13.5. The zero-order valence-electron chi connectivity index (χ0n) is 19.5. The molecule has 0 aromatic heterocycles. The van der Waals surface area contributed by atoms with Crippen molar-refractivity contribution in [3.8, 4) is 0 Å². The summed E-state index contributed by atoms with van der Waals surface area (Å²) in [4.78, 5) is 56.9. The predicted molar refractivity (Wildman–Crippen MR) is 124 cm³/mol. The van der Waals surface area contributed by atoms with E-state index < -0.39 is 23.7 Å². The molecule has 5 aliphatic carbocycles. The first-order valence-electron chi connectivity index (χ1n) is 13.0. The Hall–Kier alpha value is -1.69. The lowest BCUT2D eigenvalue weighted by Crippen LogP contribution is -2.50. The van der Waals surface area contributed by atoms with Crippen molar-refractivity contribution >= 4 is 35.2 Å². The minimum atomic E-state index is -0.446. The number of rotatable bonds is 2. The van der Waals surface area contributed by atoms with Crippen molar-refractivity contribution in [3.05, 3.63) is 12.2 Å². The number of carbonyl (C=O) groups is 4. The van der Waals surface area contributed by atoms with Crippen LogP contribution in [0.2, 0.25) is 0 Å². The molecule has 7 aliphatic rings. The summed E-state index contributed by atoms with van der Waals surface area (Å²) < 4.78 is 0. The molecule has 4 unspecified atom stereocenters. The molecule has 3 saturated carbocycles. The van der Waals surface area contributed by atoms with Crippen LogP contribution in [0.5, 0.6) is 0 Å². The molecule has 0 aromatic rings. The van der Waals surface area contributed by atoms with Crippen LogP contribution in [0.1, 0.15) is 71.1 Å². The average Bonchev–Trinajstić information content (AvgIpc) is 3.28. The third-order valence-corrected chi connectivity index (χ3v) is 8.96. The van der Waals surface area contributed by atoms with Crippen LogP contribution in [0.25, 0.3) is 0 Å². The molecule has 33 heavy (non-hydrogen) atoms. The van der Waals surface area contributed by atoms with Crippen LogP contribution in [0, 0.1) is 35.5 Å². The Labute approximate surface area is 201 Å². The molecular formula is C26H35ClN2O4. The SMILES string of the molecule is CCCl.O=C1C2C3C=CC(C2C(=O)N1C1CCCCC1)C1C(=O)N(C2CCCCC2)C(=O)C31. The second-order valence-corrected chi connectivity index (χ2v) is 11.1. The molecule has 4 amide bonds. The lowest BCUT2D eigenvalue weighted by molar-refractivity contribution is -0.143. The van der Waals surface area contributed by atoms with Crippen molar-refractivity contribution in [2.24, 2.45) is 35.5 Å². The van der Waals surface area contributed by atoms with Crippen molar-refractivity contribution < 1.29 is 19.2 Å². The standard InChI is InChI=1S/C24H30N2O4.C2H5Cl/c27-21-17-15-11-12-16(18(17)22(28)25(21)13-7-3-1-4-8-13)20-19(15)23(29)26(24(20)30)14-9-5-2-6-10-14;1-2-3/h11-20H,1-10H2;2H2,1H3. The molecule has 2 saturated heterocycles. The monoisotopic (exact) mass is 474 g/mol. The third kappa shape index (κ3) is 3.50. The summed E-state index contributed by atoms with van der Waals surface area (Å²) in [6.45, 7) is 1.89. The van der Waals surface area contributed by atoms with E-state index in [2.05, 4.69) is 0 Å². The fourth-order valence-corrected chi connectivity index (χ4v) is 7.67. The Balaban J connectivity index is 0.000000724. The second-order valence-electron chi connectivity index (χ2n) is 10.6. The Morgan fingerprint density at radius 1 is 0.636 bits per heavy atom. The molecule has 2 bridgehead atoms. The van der Waals surface area contributed by atoms with Gasteiger partial charge in [-0.3, -0.25) is 29.0 Å². The lowest BCUT2D eigenvalue weighted by atomic mass is 9.54. The first-order chi connectivity index (χ1) is 16.0. The minimum absolute atomic E-state index is 0.00808. The van der Waals surface area contributed by atoms with Gasteiger partial charge in [0.25, 0.3) is 0 Å². The number of alkyl halides is 1. The van der Waals surface area contributed by atoms with E-state index >= 15 is 0 Å². The minimum Gasteiger partial charge on any atom is -0.279 e. The van der Waals surface area contributed by atoms with Crippen molar-refractivity contribution in [1.82, 2.24) is 9.80 Å². The summed E-state index contributed by atoms with van der Waals surface area (Å²) in [6.07, 6.45) is 14.1. The van der Waals surface area contributed by atoms with E-state index in [-0.39, 0.29) is 47.5 Å². The van der Waals surface area contributed by atoms with Gasteiger partial charge in [-0.05, 0) is 25.7 Å². The lowest BCUT2D eigenvalue weighted by Gasteiger charge is -2.44. The molecule has 0 N–H and O–H groups in total. The van der Waals surface area contributed by atoms with Gasteiger partial charge in [-0.15, -0.1) is 11.6 Å². The smallest absolute Gasteiger partial charge is 0.233 e. The van der Waals surface area contributed by atoms with Gasteiger partial charge >= 0.3 is 0 Å². The fraction of sp³-hybridized carbons (Fsp3) is 0.769. The Kier molecular flexibility index (Phi) is 6.41. The maximum absolute atomic E-state index is 13.5. The largest absolute Gasteiger partial charge is 0.279 e. The van der Waals surface area contributed by atoms with E-state index in [1.807, 2.05) is 19.1 Å². The highest BCUT2D eigenvalue weighted by atomic mass is 35.5. The molecule has 0 spiro atoms. The Bertz CT molecular complexity index is 748.